The molecule has 0 radical (unpaired) electrons. The lowest BCUT2D eigenvalue weighted by Crippen LogP contribution is -2.39. The third-order valence-corrected chi connectivity index (χ3v) is 4.34. The van der Waals surface area contributed by atoms with Crippen molar-refractivity contribution < 1.29 is 19.7 Å². The van der Waals surface area contributed by atoms with E-state index in [9.17, 15) is 10.2 Å². The lowest BCUT2D eigenvalue weighted by atomic mass is 9.75. The smallest absolute Gasteiger partial charge is 0.122 e. The zero-order valence-corrected chi connectivity index (χ0v) is 12.4. The first kappa shape index (κ1) is 15.1. The standard InChI is InChI=1S/C16H24O4/c1-11-4-6-16(18,7-5-11)15(17)12-8-13(19-2)10-14(9-12)20-3/h8-11,15,17-18H,4-7H2,1-3H3. The van der Waals surface area contributed by atoms with Gasteiger partial charge < -0.3 is 19.7 Å². The third-order valence-electron chi connectivity index (χ3n) is 4.34. The van der Waals surface area contributed by atoms with Gasteiger partial charge in [-0.25, -0.2) is 0 Å². The molecule has 4 heteroatoms. The summed E-state index contributed by atoms with van der Waals surface area (Å²) in [5.74, 6) is 1.85. The highest BCUT2D eigenvalue weighted by Gasteiger charge is 2.39. The molecule has 4 nitrogen and oxygen atoms in total. The molecule has 1 unspecified atom stereocenters. The monoisotopic (exact) mass is 280 g/mol. The normalized spacial score (nSPS) is 27.9. The summed E-state index contributed by atoms with van der Waals surface area (Å²) >= 11 is 0. The summed E-state index contributed by atoms with van der Waals surface area (Å²) in [6.45, 7) is 2.18. The molecule has 0 aromatic heterocycles. The number of hydrogen-bond donors (Lipinski definition) is 2. The third kappa shape index (κ3) is 3.07. The Morgan fingerprint density at radius 2 is 1.60 bits per heavy atom. The quantitative estimate of drug-likeness (QED) is 0.890. The van der Waals surface area contributed by atoms with E-state index in [0.29, 0.717) is 35.8 Å². The van der Waals surface area contributed by atoms with Crippen molar-refractivity contribution in [3.05, 3.63) is 23.8 Å². The fourth-order valence-corrected chi connectivity index (χ4v) is 2.83. The van der Waals surface area contributed by atoms with Crippen molar-refractivity contribution in [2.45, 2.75) is 44.3 Å². The van der Waals surface area contributed by atoms with Crippen LogP contribution < -0.4 is 9.47 Å². The van der Waals surface area contributed by atoms with Gasteiger partial charge in [-0.05, 0) is 49.3 Å². The van der Waals surface area contributed by atoms with Gasteiger partial charge in [-0.3, -0.25) is 0 Å². The molecule has 1 aromatic carbocycles. The van der Waals surface area contributed by atoms with Crippen LogP contribution in [0, 0.1) is 5.92 Å². The van der Waals surface area contributed by atoms with Gasteiger partial charge in [0.25, 0.3) is 0 Å². The summed E-state index contributed by atoms with van der Waals surface area (Å²) in [6, 6.07) is 5.26. The van der Waals surface area contributed by atoms with E-state index in [1.807, 2.05) is 0 Å². The van der Waals surface area contributed by atoms with Gasteiger partial charge in [0.15, 0.2) is 0 Å². The number of ether oxygens (including phenoxy) is 2. The molecular formula is C16H24O4. The second kappa shape index (κ2) is 6.02. The molecule has 2 rings (SSSR count). The van der Waals surface area contributed by atoms with E-state index in [0.717, 1.165) is 12.8 Å². The maximum atomic E-state index is 10.7. The molecule has 0 bridgehead atoms. The summed E-state index contributed by atoms with van der Waals surface area (Å²) in [5.41, 5.74) is -0.414. The zero-order valence-electron chi connectivity index (χ0n) is 12.4. The van der Waals surface area contributed by atoms with E-state index in [2.05, 4.69) is 6.92 Å². The van der Waals surface area contributed by atoms with Crippen molar-refractivity contribution >= 4 is 0 Å². The number of methoxy groups -OCH3 is 2. The summed E-state index contributed by atoms with van der Waals surface area (Å²) in [7, 11) is 3.14. The second-order valence-corrected chi connectivity index (χ2v) is 5.83. The van der Waals surface area contributed by atoms with Crippen LogP contribution in [-0.2, 0) is 0 Å². The van der Waals surface area contributed by atoms with Crippen LogP contribution >= 0.6 is 0 Å². The van der Waals surface area contributed by atoms with Gasteiger partial charge >= 0.3 is 0 Å². The minimum atomic E-state index is -1.05. The minimum Gasteiger partial charge on any atom is -0.497 e. The molecule has 1 aliphatic carbocycles. The van der Waals surface area contributed by atoms with E-state index in [1.54, 1.807) is 32.4 Å². The van der Waals surface area contributed by atoms with Crippen molar-refractivity contribution in [2.75, 3.05) is 14.2 Å². The average molecular weight is 280 g/mol. The molecule has 0 heterocycles. The van der Waals surface area contributed by atoms with E-state index in [1.165, 1.54) is 0 Å². The molecule has 112 valence electrons. The summed E-state index contributed by atoms with van der Waals surface area (Å²) in [4.78, 5) is 0. The molecule has 1 saturated carbocycles. The van der Waals surface area contributed by atoms with Crippen LogP contribution in [0.4, 0.5) is 0 Å². The Morgan fingerprint density at radius 3 is 2.05 bits per heavy atom. The summed E-state index contributed by atoms with van der Waals surface area (Å²) in [5, 5.41) is 21.3. The summed E-state index contributed by atoms with van der Waals surface area (Å²) in [6.07, 6.45) is 2.20. The van der Waals surface area contributed by atoms with Gasteiger partial charge in [0.2, 0.25) is 0 Å². The molecule has 1 fully saturated rings. The highest BCUT2D eigenvalue weighted by molar-refractivity contribution is 5.40. The first-order valence-corrected chi connectivity index (χ1v) is 7.12. The maximum absolute atomic E-state index is 10.7. The zero-order chi connectivity index (χ0) is 14.8. The van der Waals surface area contributed by atoms with Gasteiger partial charge in [-0.15, -0.1) is 0 Å². The van der Waals surface area contributed by atoms with Crippen LogP contribution in [0.25, 0.3) is 0 Å². The molecular weight excluding hydrogens is 256 g/mol. The fourth-order valence-electron chi connectivity index (χ4n) is 2.83. The predicted octanol–water partition coefficient (Wildman–Crippen LogP) is 2.68. The first-order valence-electron chi connectivity index (χ1n) is 7.12. The van der Waals surface area contributed by atoms with Gasteiger partial charge in [-0.2, -0.15) is 0 Å². The van der Waals surface area contributed by atoms with Crippen LogP contribution in [0.3, 0.4) is 0 Å². The Morgan fingerprint density at radius 1 is 1.10 bits per heavy atom. The number of rotatable bonds is 4. The minimum absolute atomic E-state index is 0.613. The highest BCUT2D eigenvalue weighted by atomic mass is 16.5. The summed E-state index contributed by atoms with van der Waals surface area (Å²) < 4.78 is 10.4. The van der Waals surface area contributed by atoms with Gasteiger partial charge in [0.1, 0.15) is 17.6 Å². The molecule has 0 aliphatic heterocycles. The van der Waals surface area contributed by atoms with Crippen molar-refractivity contribution in [1.82, 2.24) is 0 Å². The Balaban J connectivity index is 2.25. The van der Waals surface area contributed by atoms with Gasteiger partial charge in [-0.1, -0.05) is 6.92 Å². The maximum Gasteiger partial charge on any atom is 0.122 e. The predicted molar refractivity (Wildman–Crippen MR) is 77.1 cm³/mol. The average Bonchev–Trinajstić information content (AvgIpc) is 2.49. The van der Waals surface area contributed by atoms with E-state index >= 15 is 0 Å². The van der Waals surface area contributed by atoms with Crippen LogP contribution in [-0.4, -0.2) is 30.0 Å². The molecule has 1 aliphatic rings. The Hall–Kier alpha value is -1.26. The van der Waals surface area contributed by atoms with Crippen molar-refractivity contribution in [3.8, 4) is 11.5 Å². The number of aliphatic hydroxyl groups is 2. The van der Waals surface area contributed by atoms with Crippen LogP contribution in [0.15, 0.2) is 18.2 Å². The Bertz CT molecular complexity index is 428. The molecule has 0 saturated heterocycles. The number of aliphatic hydroxyl groups excluding tert-OH is 1. The van der Waals surface area contributed by atoms with E-state index in [-0.39, 0.29) is 0 Å². The SMILES string of the molecule is COc1cc(OC)cc(C(O)C2(O)CCC(C)CC2)c1. The lowest BCUT2D eigenvalue weighted by Gasteiger charge is -2.38. The van der Waals surface area contributed by atoms with Crippen LogP contribution in [0.1, 0.15) is 44.3 Å². The molecule has 0 spiro atoms. The van der Waals surface area contributed by atoms with Crippen molar-refractivity contribution in [2.24, 2.45) is 5.92 Å². The van der Waals surface area contributed by atoms with Crippen molar-refractivity contribution in [3.63, 3.8) is 0 Å². The number of hydrogen-bond acceptors (Lipinski definition) is 4. The van der Waals surface area contributed by atoms with Crippen LogP contribution in [0.5, 0.6) is 11.5 Å². The Kier molecular flexibility index (Phi) is 4.55. The topological polar surface area (TPSA) is 58.9 Å². The number of benzene rings is 1. The molecule has 1 atom stereocenters. The highest BCUT2D eigenvalue weighted by Crippen LogP contribution is 2.41. The van der Waals surface area contributed by atoms with Gasteiger partial charge in [0, 0.05) is 6.07 Å². The van der Waals surface area contributed by atoms with E-state index in [4.69, 9.17) is 9.47 Å². The molecule has 20 heavy (non-hydrogen) atoms. The molecule has 2 N–H and O–H groups in total. The van der Waals surface area contributed by atoms with Gasteiger partial charge in [0.05, 0.1) is 19.8 Å². The second-order valence-electron chi connectivity index (χ2n) is 5.83. The first-order chi connectivity index (χ1) is 9.48. The lowest BCUT2D eigenvalue weighted by molar-refractivity contribution is -0.105. The fraction of sp³-hybridized carbons (Fsp3) is 0.625. The molecule has 0 amide bonds. The van der Waals surface area contributed by atoms with Crippen molar-refractivity contribution in [1.29, 1.82) is 0 Å². The van der Waals surface area contributed by atoms with Crippen LogP contribution in [0.2, 0.25) is 0 Å². The largest absolute Gasteiger partial charge is 0.497 e. The van der Waals surface area contributed by atoms with E-state index < -0.39 is 11.7 Å². The molecule has 1 aromatic rings. The Labute approximate surface area is 120 Å².